The van der Waals surface area contributed by atoms with E-state index in [2.05, 4.69) is 26.1 Å². The summed E-state index contributed by atoms with van der Waals surface area (Å²) >= 11 is 0. The molecular formula is C29H39FN2O3. The smallest absolute Gasteiger partial charge is 0.261 e. The monoisotopic (exact) mass is 482 g/mol. The molecule has 0 unspecified atom stereocenters. The van der Waals surface area contributed by atoms with E-state index in [-0.39, 0.29) is 42.2 Å². The first kappa shape index (κ1) is 26.7. The van der Waals surface area contributed by atoms with E-state index in [4.69, 9.17) is 4.74 Å². The van der Waals surface area contributed by atoms with Crippen LogP contribution in [0.3, 0.4) is 0 Å². The maximum absolute atomic E-state index is 13.5. The summed E-state index contributed by atoms with van der Waals surface area (Å²) in [7, 11) is 0. The molecule has 5 nitrogen and oxygen atoms in total. The van der Waals surface area contributed by atoms with Crippen molar-refractivity contribution in [2.75, 3.05) is 6.61 Å². The van der Waals surface area contributed by atoms with E-state index < -0.39 is 6.04 Å². The van der Waals surface area contributed by atoms with E-state index in [0.717, 1.165) is 36.8 Å². The van der Waals surface area contributed by atoms with Crippen LogP contribution in [-0.4, -0.2) is 35.4 Å². The molecule has 35 heavy (non-hydrogen) atoms. The molecule has 1 atom stereocenters. The van der Waals surface area contributed by atoms with Crippen molar-refractivity contribution in [3.8, 4) is 5.75 Å². The Morgan fingerprint density at radius 2 is 1.71 bits per heavy atom. The van der Waals surface area contributed by atoms with Gasteiger partial charge in [0.2, 0.25) is 5.91 Å². The number of ether oxygens (including phenoxy) is 1. The number of benzene rings is 2. The third-order valence-corrected chi connectivity index (χ3v) is 6.65. The van der Waals surface area contributed by atoms with Crippen LogP contribution in [0.25, 0.3) is 0 Å². The van der Waals surface area contributed by atoms with Crippen molar-refractivity contribution in [1.29, 1.82) is 0 Å². The van der Waals surface area contributed by atoms with Crippen molar-refractivity contribution in [3.63, 3.8) is 0 Å². The van der Waals surface area contributed by atoms with Gasteiger partial charge in [-0.05, 0) is 54.0 Å². The Morgan fingerprint density at radius 1 is 1.06 bits per heavy atom. The van der Waals surface area contributed by atoms with Crippen LogP contribution < -0.4 is 10.1 Å². The van der Waals surface area contributed by atoms with Gasteiger partial charge >= 0.3 is 0 Å². The maximum atomic E-state index is 13.5. The number of nitrogens with zero attached hydrogens (tertiary/aromatic N) is 1. The van der Waals surface area contributed by atoms with Crippen LogP contribution in [0.4, 0.5) is 4.39 Å². The van der Waals surface area contributed by atoms with Crippen molar-refractivity contribution < 1.29 is 18.7 Å². The molecule has 0 spiro atoms. The molecule has 0 aromatic heterocycles. The minimum absolute atomic E-state index is 0.134. The summed E-state index contributed by atoms with van der Waals surface area (Å²) in [5.74, 6) is -0.0840. The Balaban J connectivity index is 1.79. The van der Waals surface area contributed by atoms with Gasteiger partial charge in [0.25, 0.3) is 5.91 Å². The first-order valence-electron chi connectivity index (χ1n) is 12.8. The van der Waals surface area contributed by atoms with Gasteiger partial charge in [-0.1, -0.05) is 77.3 Å². The average Bonchev–Trinajstić information content (AvgIpc) is 2.84. The first-order chi connectivity index (χ1) is 16.7. The number of hydrogen-bond acceptors (Lipinski definition) is 3. The largest absolute Gasteiger partial charge is 0.483 e. The lowest BCUT2D eigenvalue weighted by molar-refractivity contribution is -0.143. The van der Waals surface area contributed by atoms with E-state index in [1.165, 1.54) is 18.6 Å². The summed E-state index contributed by atoms with van der Waals surface area (Å²) in [6, 6.07) is 13.3. The lowest BCUT2D eigenvalue weighted by atomic mass is 9.86. The number of nitrogens with one attached hydrogen (secondary N) is 1. The topological polar surface area (TPSA) is 58.6 Å². The van der Waals surface area contributed by atoms with Crippen molar-refractivity contribution in [1.82, 2.24) is 10.2 Å². The molecule has 0 bridgehead atoms. The lowest BCUT2D eigenvalue weighted by Crippen LogP contribution is -2.52. The summed E-state index contributed by atoms with van der Waals surface area (Å²) < 4.78 is 19.5. The van der Waals surface area contributed by atoms with Crippen molar-refractivity contribution in [2.24, 2.45) is 0 Å². The molecule has 1 fully saturated rings. The zero-order valence-electron chi connectivity index (χ0n) is 21.5. The molecular weight excluding hydrogens is 443 g/mol. The minimum Gasteiger partial charge on any atom is -0.483 e. The highest BCUT2D eigenvalue weighted by molar-refractivity contribution is 5.88. The van der Waals surface area contributed by atoms with Crippen LogP contribution in [0.5, 0.6) is 5.75 Å². The van der Waals surface area contributed by atoms with Gasteiger partial charge in [0.1, 0.15) is 17.6 Å². The van der Waals surface area contributed by atoms with Crippen LogP contribution in [0.15, 0.2) is 48.5 Å². The van der Waals surface area contributed by atoms with Crippen LogP contribution in [-0.2, 0) is 21.5 Å². The van der Waals surface area contributed by atoms with Crippen LogP contribution in [0.2, 0.25) is 0 Å². The fourth-order valence-corrected chi connectivity index (χ4v) is 4.68. The van der Waals surface area contributed by atoms with Gasteiger partial charge in [0.15, 0.2) is 6.61 Å². The van der Waals surface area contributed by atoms with Gasteiger partial charge in [0.05, 0.1) is 0 Å². The van der Waals surface area contributed by atoms with E-state index in [1.54, 1.807) is 17.0 Å². The first-order valence-corrected chi connectivity index (χ1v) is 12.8. The van der Waals surface area contributed by atoms with Crippen LogP contribution in [0, 0.1) is 5.82 Å². The highest BCUT2D eigenvalue weighted by Crippen LogP contribution is 2.31. The van der Waals surface area contributed by atoms with Gasteiger partial charge in [-0.25, -0.2) is 4.39 Å². The Labute approximate surface area is 209 Å². The van der Waals surface area contributed by atoms with Crippen LogP contribution >= 0.6 is 0 Å². The lowest BCUT2D eigenvalue weighted by Gasteiger charge is -2.33. The van der Waals surface area contributed by atoms with Crippen molar-refractivity contribution >= 4 is 11.8 Å². The average molecular weight is 483 g/mol. The number of halogens is 1. The number of carbonyl (C=O) groups is 2. The zero-order chi connectivity index (χ0) is 25.4. The molecule has 0 saturated heterocycles. The zero-order valence-corrected chi connectivity index (χ0v) is 21.5. The van der Waals surface area contributed by atoms with Gasteiger partial charge < -0.3 is 15.0 Å². The molecule has 0 heterocycles. The molecule has 0 aliphatic heterocycles. The molecule has 2 amide bonds. The fraction of sp³-hybridized carbons (Fsp3) is 0.517. The van der Waals surface area contributed by atoms with Crippen LogP contribution in [0.1, 0.15) is 77.3 Å². The van der Waals surface area contributed by atoms with Crippen molar-refractivity contribution in [2.45, 2.75) is 90.3 Å². The van der Waals surface area contributed by atoms with E-state index >= 15 is 0 Å². The van der Waals surface area contributed by atoms with Gasteiger partial charge in [0, 0.05) is 12.6 Å². The predicted molar refractivity (Wildman–Crippen MR) is 137 cm³/mol. The second-order valence-electron chi connectivity index (χ2n) is 10.5. The second kappa shape index (κ2) is 12.2. The molecule has 6 heteroatoms. The van der Waals surface area contributed by atoms with Gasteiger partial charge in [-0.15, -0.1) is 0 Å². The Morgan fingerprint density at radius 3 is 2.34 bits per heavy atom. The highest BCUT2D eigenvalue weighted by Gasteiger charge is 2.31. The molecule has 1 saturated carbocycles. The Kier molecular flexibility index (Phi) is 9.30. The summed E-state index contributed by atoms with van der Waals surface area (Å²) in [6.45, 7) is 8.23. The number of amides is 2. The van der Waals surface area contributed by atoms with E-state index in [1.807, 2.05) is 31.2 Å². The summed E-state index contributed by atoms with van der Waals surface area (Å²) in [5, 5.41) is 3.17. The summed E-state index contributed by atoms with van der Waals surface area (Å²) in [4.78, 5) is 28.4. The normalized spacial score (nSPS) is 15.3. The molecule has 1 aliphatic carbocycles. The fourth-order valence-electron chi connectivity index (χ4n) is 4.68. The molecule has 0 radical (unpaired) electrons. The molecule has 190 valence electrons. The number of rotatable bonds is 9. The third kappa shape index (κ3) is 7.55. The van der Waals surface area contributed by atoms with Gasteiger partial charge in [-0.3, -0.25) is 9.59 Å². The Bertz CT molecular complexity index is 978. The van der Waals surface area contributed by atoms with E-state index in [9.17, 15) is 14.0 Å². The summed E-state index contributed by atoms with van der Waals surface area (Å²) in [5.41, 5.74) is 1.64. The number of hydrogen-bond donors (Lipinski definition) is 1. The SMILES string of the molecule is CC[C@@H](C(=O)NC1CCCCC1)N(Cc1ccc(F)cc1)C(=O)COc1ccccc1C(C)(C)C. The molecule has 2 aromatic carbocycles. The molecule has 2 aromatic rings. The quantitative estimate of drug-likeness (QED) is 0.494. The highest BCUT2D eigenvalue weighted by atomic mass is 19.1. The Hall–Kier alpha value is -2.89. The maximum Gasteiger partial charge on any atom is 0.261 e. The number of para-hydroxylation sites is 1. The number of carbonyl (C=O) groups excluding carboxylic acids is 2. The standard InChI is InChI=1S/C29H39FN2O3/c1-5-25(28(34)31-23-11-7-6-8-12-23)32(19-21-15-17-22(30)18-16-21)27(33)20-35-26-14-10-9-13-24(26)29(2,3)4/h9-10,13-18,23,25H,5-8,11-12,19-20H2,1-4H3,(H,31,34)/t25-/m0/s1. The van der Waals surface area contributed by atoms with E-state index in [0.29, 0.717) is 12.2 Å². The molecule has 1 N–H and O–H groups in total. The predicted octanol–water partition coefficient (Wildman–Crippen LogP) is 5.76. The minimum atomic E-state index is -0.629. The van der Waals surface area contributed by atoms with Crippen molar-refractivity contribution in [3.05, 3.63) is 65.5 Å². The second-order valence-corrected chi connectivity index (χ2v) is 10.5. The third-order valence-electron chi connectivity index (χ3n) is 6.65. The molecule has 3 rings (SSSR count). The molecule has 1 aliphatic rings. The van der Waals surface area contributed by atoms with Gasteiger partial charge in [-0.2, -0.15) is 0 Å². The summed E-state index contributed by atoms with van der Waals surface area (Å²) in [6.07, 6.45) is 5.85.